The van der Waals surface area contributed by atoms with Crippen molar-refractivity contribution in [1.82, 2.24) is 5.01 Å². The van der Waals surface area contributed by atoms with Crippen LogP contribution in [-0.2, 0) is 4.79 Å². The number of hydrogen-bond donors (Lipinski definition) is 0. The van der Waals surface area contributed by atoms with Crippen molar-refractivity contribution in [2.75, 3.05) is 5.75 Å². The highest BCUT2D eigenvalue weighted by Gasteiger charge is 2.25. The molecule has 1 fully saturated rings. The van der Waals surface area contributed by atoms with E-state index in [1.165, 1.54) is 16.8 Å². The van der Waals surface area contributed by atoms with Gasteiger partial charge in [-0.3, -0.25) is 4.79 Å². The van der Waals surface area contributed by atoms with Gasteiger partial charge < -0.3 is 0 Å². The summed E-state index contributed by atoms with van der Waals surface area (Å²) >= 11 is 6.29. The molecule has 6 heteroatoms. The van der Waals surface area contributed by atoms with Crippen LogP contribution < -0.4 is 0 Å². The van der Waals surface area contributed by atoms with E-state index < -0.39 is 0 Å². The molecule has 0 N–H and O–H groups in total. The molecule has 1 aromatic carbocycles. The molecule has 84 valence electrons. The Labute approximate surface area is 108 Å². The number of amides is 1. The molecule has 17 heavy (non-hydrogen) atoms. The monoisotopic (exact) mass is 261 g/mol. The molecule has 1 heterocycles. The van der Waals surface area contributed by atoms with Crippen LogP contribution in [0.25, 0.3) is 0 Å². The number of hydrazone groups is 1. The fourth-order valence-corrected chi connectivity index (χ4v) is 2.19. The Morgan fingerprint density at radius 3 is 2.71 bits per heavy atom. The van der Waals surface area contributed by atoms with Crippen molar-refractivity contribution < 1.29 is 4.79 Å². The first-order valence-corrected chi connectivity index (χ1v) is 6.14. The molecule has 1 aliphatic heterocycles. The lowest BCUT2D eigenvalue weighted by Gasteiger charge is -2.05. The normalized spacial score (nSPS) is 15.6. The van der Waals surface area contributed by atoms with Crippen molar-refractivity contribution >= 4 is 40.4 Å². The zero-order chi connectivity index (χ0) is 12.3. The van der Waals surface area contributed by atoms with Gasteiger partial charge in [-0.2, -0.15) is 15.4 Å². The van der Waals surface area contributed by atoms with Gasteiger partial charge in [-0.05, 0) is 17.7 Å². The zero-order valence-corrected chi connectivity index (χ0v) is 10.3. The van der Waals surface area contributed by atoms with Crippen molar-refractivity contribution in [2.45, 2.75) is 0 Å². The molecule has 0 bridgehead atoms. The van der Waals surface area contributed by atoms with Crippen LogP contribution in [0.2, 0.25) is 0 Å². The average Bonchev–Trinajstić information content (AvgIpc) is 2.67. The molecule has 0 aliphatic carbocycles. The standard InChI is InChI=1S/C11H7N3OS2/c12-5-8-1-3-9(4-2-8)6-13-14-10(15)7-17-11(14)16/h1-4,6H,7H2/b13-6-. The smallest absolute Gasteiger partial charge is 0.259 e. The summed E-state index contributed by atoms with van der Waals surface area (Å²) in [7, 11) is 0. The molecule has 0 atom stereocenters. The maximum Gasteiger partial charge on any atom is 0.259 e. The average molecular weight is 261 g/mol. The highest BCUT2D eigenvalue weighted by molar-refractivity contribution is 8.23. The molecule has 1 aliphatic rings. The van der Waals surface area contributed by atoms with Gasteiger partial charge in [0.15, 0.2) is 4.32 Å². The third-order valence-electron chi connectivity index (χ3n) is 2.09. The van der Waals surface area contributed by atoms with Gasteiger partial charge >= 0.3 is 0 Å². The van der Waals surface area contributed by atoms with Gasteiger partial charge in [0, 0.05) is 0 Å². The third-order valence-corrected chi connectivity index (χ3v) is 3.43. The molecule has 2 rings (SSSR count). The number of benzene rings is 1. The van der Waals surface area contributed by atoms with Crippen LogP contribution in [0, 0.1) is 11.3 Å². The first-order chi connectivity index (χ1) is 8.20. The first-order valence-electron chi connectivity index (χ1n) is 4.74. The van der Waals surface area contributed by atoms with E-state index in [1.807, 2.05) is 6.07 Å². The summed E-state index contributed by atoms with van der Waals surface area (Å²) < 4.78 is 0.472. The van der Waals surface area contributed by atoms with Crippen molar-refractivity contribution in [3.63, 3.8) is 0 Å². The number of carbonyl (C=O) groups excluding carboxylic acids is 1. The number of nitriles is 1. The predicted octanol–water partition coefficient (Wildman–Crippen LogP) is 1.75. The topological polar surface area (TPSA) is 56.5 Å². The van der Waals surface area contributed by atoms with Crippen LogP contribution >= 0.6 is 24.0 Å². The SMILES string of the molecule is N#Cc1ccc(/C=N\N2C(=O)CSC2=S)cc1. The summed E-state index contributed by atoms with van der Waals surface area (Å²) in [4.78, 5) is 11.4. The van der Waals surface area contributed by atoms with Gasteiger partial charge in [-0.25, -0.2) is 0 Å². The second kappa shape index (κ2) is 5.08. The van der Waals surface area contributed by atoms with Gasteiger partial charge in [-0.1, -0.05) is 36.1 Å². The number of carbonyl (C=O) groups is 1. The summed E-state index contributed by atoms with van der Waals surface area (Å²) in [6.45, 7) is 0. The molecular weight excluding hydrogens is 254 g/mol. The summed E-state index contributed by atoms with van der Waals surface area (Å²) in [6, 6.07) is 8.95. The predicted molar refractivity (Wildman–Crippen MR) is 70.7 cm³/mol. The van der Waals surface area contributed by atoms with Crippen LogP contribution in [0.5, 0.6) is 0 Å². The fourth-order valence-electron chi connectivity index (χ4n) is 1.23. The molecule has 1 aromatic rings. The van der Waals surface area contributed by atoms with Crippen molar-refractivity contribution in [2.24, 2.45) is 5.10 Å². The highest BCUT2D eigenvalue weighted by atomic mass is 32.2. The summed E-state index contributed by atoms with van der Waals surface area (Å²) in [5, 5.41) is 13.9. The Morgan fingerprint density at radius 2 is 2.18 bits per heavy atom. The van der Waals surface area contributed by atoms with Crippen LogP contribution in [0.3, 0.4) is 0 Å². The van der Waals surface area contributed by atoms with Crippen molar-refractivity contribution in [3.8, 4) is 6.07 Å². The maximum atomic E-state index is 11.4. The van der Waals surface area contributed by atoms with Crippen LogP contribution in [0.1, 0.15) is 11.1 Å². The van der Waals surface area contributed by atoms with Gasteiger partial charge in [0.2, 0.25) is 0 Å². The Hall–Kier alpha value is -1.71. The number of rotatable bonds is 2. The van der Waals surface area contributed by atoms with E-state index in [4.69, 9.17) is 17.5 Å². The Bertz CT molecular complexity index is 515. The molecule has 0 aromatic heterocycles. The minimum Gasteiger partial charge on any atom is -0.272 e. The molecular formula is C11H7N3OS2. The van der Waals surface area contributed by atoms with E-state index in [1.54, 1.807) is 30.5 Å². The summed E-state index contributed by atoms with van der Waals surface area (Å²) in [6.07, 6.45) is 1.55. The van der Waals surface area contributed by atoms with Gasteiger partial charge in [0.05, 0.1) is 23.6 Å². The van der Waals surface area contributed by atoms with E-state index in [-0.39, 0.29) is 5.91 Å². The maximum absolute atomic E-state index is 11.4. The Balaban J connectivity index is 2.12. The van der Waals surface area contributed by atoms with E-state index in [0.717, 1.165) is 5.56 Å². The number of thiocarbonyl (C=S) groups is 1. The van der Waals surface area contributed by atoms with Crippen molar-refractivity contribution in [3.05, 3.63) is 35.4 Å². The van der Waals surface area contributed by atoms with E-state index in [9.17, 15) is 4.79 Å². The fraction of sp³-hybridized carbons (Fsp3) is 0.0909. The van der Waals surface area contributed by atoms with Gasteiger partial charge in [-0.15, -0.1) is 0 Å². The number of hydrogen-bond acceptors (Lipinski definition) is 5. The number of nitrogens with zero attached hydrogens (tertiary/aromatic N) is 3. The molecule has 0 saturated carbocycles. The minimum atomic E-state index is -0.107. The van der Waals surface area contributed by atoms with E-state index in [2.05, 4.69) is 5.10 Å². The van der Waals surface area contributed by atoms with Crippen LogP contribution in [-0.4, -0.2) is 27.2 Å². The summed E-state index contributed by atoms with van der Waals surface area (Å²) in [5.41, 5.74) is 1.40. The zero-order valence-electron chi connectivity index (χ0n) is 8.66. The molecule has 0 unspecified atom stereocenters. The van der Waals surface area contributed by atoms with Gasteiger partial charge in [0.1, 0.15) is 0 Å². The van der Waals surface area contributed by atoms with Crippen LogP contribution in [0.4, 0.5) is 0 Å². The van der Waals surface area contributed by atoms with Crippen molar-refractivity contribution in [1.29, 1.82) is 5.26 Å². The molecule has 4 nitrogen and oxygen atoms in total. The van der Waals surface area contributed by atoms with E-state index >= 15 is 0 Å². The van der Waals surface area contributed by atoms with Crippen LogP contribution in [0.15, 0.2) is 29.4 Å². The lowest BCUT2D eigenvalue weighted by atomic mass is 10.2. The molecule has 0 spiro atoms. The number of thioether (sulfide) groups is 1. The lowest BCUT2D eigenvalue weighted by molar-refractivity contribution is -0.123. The Kier molecular flexibility index (Phi) is 3.52. The summed E-state index contributed by atoms with van der Waals surface area (Å²) in [5.74, 6) is 0.244. The largest absolute Gasteiger partial charge is 0.272 e. The molecule has 1 saturated heterocycles. The third kappa shape index (κ3) is 2.70. The second-order valence-corrected chi connectivity index (χ2v) is 4.85. The quantitative estimate of drug-likeness (QED) is 0.601. The van der Waals surface area contributed by atoms with Gasteiger partial charge in [0.25, 0.3) is 5.91 Å². The molecule has 0 radical (unpaired) electrons. The first kappa shape index (κ1) is 11.8. The highest BCUT2D eigenvalue weighted by Crippen LogP contribution is 2.19. The van der Waals surface area contributed by atoms with E-state index in [0.29, 0.717) is 15.6 Å². The molecule has 1 amide bonds. The Morgan fingerprint density at radius 1 is 1.47 bits per heavy atom. The second-order valence-electron chi connectivity index (χ2n) is 3.24. The lowest BCUT2D eigenvalue weighted by Crippen LogP contribution is -2.22. The minimum absolute atomic E-state index is 0.107.